The Kier molecular flexibility index (Phi) is 3.91. The molecule has 0 aliphatic rings. The van der Waals surface area contributed by atoms with Crippen molar-refractivity contribution >= 4 is 11.6 Å². The lowest BCUT2D eigenvalue weighted by molar-refractivity contribution is 0.354. The zero-order valence-corrected chi connectivity index (χ0v) is 11.5. The maximum absolute atomic E-state index is 11.9. The number of ether oxygens (including phenoxy) is 2. The quantitative estimate of drug-likeness (QED) is 0.861. The van der Waals surface area contributed by atoms with Crippen LogP contribution in [0.15, 0.2) is 29.1 Å². The Hall–Kier alpha value is -2.52. The first-order valence-corrected chi connectivity index (χ1v) is 5.91. The second-order valence-electron chi connectivity index (χ2n) is 3.74. The number of nitriles is 1. The molecule has 0 aliphatic heterocycles. The molecule has 0 bridgehead atoms. The van der Waals surface area contributed by atoms with Crippen molar-refractivity contribution in [3.8, 4) is 23.3 Å². The van der Waals surface area contributed by atoms with Crippen LogP contribution in [0.5, 0.6) is 11.5 Å². The van der Waals surface area contributed by atoms with Crippen LogP contribution in [0.2, 0.25) is 5.02 Å². The number of benzene rings is 1. The van der Waals surface area contributed by atoms with Crippen molar-refractivity contribution in [3.05, 3.63) is 45.3 Å². The minimum Gasteiger partial charge on any atom is -0.493 e. The topological polar surface area (TPSA) is 77.1 Å². The first-order valence-electron chi connectivity index (χ1n) is 5.53. The standard InChI is InChI=1S/C13H10ClN3O3/c1-19-11-4-3-8(5-12(11)20-2)17-13(18)6-9(14)10(7-15)16-17/h3-6H,1-2H3. The summed E-state index contributed by atoms with van der Waals surface area (Å²) in [6.45, 7) is 0. The van der Waals surface area contributed by atoms with Crippen LogP contribution in [0.25, 0.3) is 5.69 Å². The van der Waals surface area contributed by atoms with Crippen LogP contribution in [0.3, 0.4) is 0 Å². The van der Waals surface area contributed by atoms with Crippen LogP contribution in [-0.4, -0.2) is 24.0 Å². The van der Waals surface area contributed by atoms with Gasteiger partial charge in [0, 0.05) is 12.1 Å². The summed E-state index contributed by atoms with van der Waals surface area (Å²) in [5.74, 6) is 0.978. The summed E-state index contributed by atoms with van der Waals surface area (Å²) in [4.78, 5) is 11.9. The average Bonchev–Trinajstić information content (AvgIpc) is 2.46. The van der Waals surface area contributed by atoms with Gasteiger partial charge in [0.2, 0.25) is 0 Å². The van der Waals surface area contributed by atoms with E-state index in [2.05, 4.69) is 5.10 Å². The van der Waals surface area contributed by atoms with Gasteiger partial charge in [-0.15, -0.1) is 0 Å². The molecule has 0 saturated carbocycles. The third-order valence-electron chi connectivity index (χ3n) is 2.60. The number of aromatic nitrogens is 2. The van der Waals surface area contributed by atoms with Gasteiger partial charge in [0.05, 0.1) is 24.9 Å². The van der Waals surface area contributed by atoms with Crippen molar-refractivity contribution in [1.29, 1.82) is 5.26 Å². The van der Waals surface area contributed by atoms with E-state index in [9.17, 15) is 4.79 Å². The van der Waals surface area contributed by atoms with E-state index in [0.717, 1.165) is 10.7 Å². The van der Waals surface area contributed by atoms with E-state index in [1.165, 1.54) is 14.2 Å². The Morgan fingerprint density at radius 2 is 1.95 bits per heavy atom. The zero-order chi connectivity index (χ0) is 14.7. The van der Waals surface area contributed by atoms with Crippen LogP contribution < -0.4 is 15.0 Å². The van der Waals surface area contributed by atoms with Crippen LogP contribution in [0, 0.1) is 11.3 Å². The van der Waals surface area contributed by atoms with Crippen LogP contribution in [0.4, 0.5) is 0 Å². The third-order valence-corrected chi connectivity index (χ3v) is 2.89. The molecule has 0 saturated heterocycles. The lowest BCUT2D eigenvalue weighted by Crippen LogP contribution is -2.21. The van der Waals surface area contributed by atoms with Crippen molar-refractivity contribution in [2.24, 2.45) is 0 Å². The summed E-state index contributed by atoms with van der Waals surface area (Å²) < 4.78 is 11.4. The van der Waals surface area contributed by atoms with Crippen molar-refractivity contribution in [3.63, 3.8) is 0 Å². The summed E-state index contributed by atoms with van der Waals surface area (Å²) in [6.07, 6.45) is 0. The van der Waals surface area contributed by atoms with Crippen LogP contribution in [-0.2, 0) is 0 Å². The van der Waals surface area contributed by atoms with Crippen molar-refractivity contribution in [1.82, 2.24) is 9.78 Å². The minimum atomic E-state index is -0.443. The van der Waals surface area contributed by atoms with E-state index < -0.39 is 5.56 Å². The highest BCUT2D eigenvalue weighted by molar-refractivity contribution is 6.31. The molecule has 102 valence electrons. The molecule has 20 heavy (non-hydrogen) atoms. The molecule has 0 radical (unpaired) electrons. The second-order valence-corrected chi connectivity index (χ2v) is 4.15. The lowest BCUT2D eigenvalue weighted by atomic mass is 10.2. The predicted octanol–water partition coefficient (Wildman–Crippen LogP) is 1.77. The van der Waals surface area contributed by atoms with Gasteiger partial charge in [-0.25, -0.2) is 0 Å². The van der Waals surface area contributed by atoms with Crippen molar-refractivity contribution < 1.29 is 9.47 Å². The Bertz CT molecular complexity index is 750. The molecule has 2 aromatic rings. The first kappa shape index (κ1) is 13.9. The Morgan fingerprint density at radius 1 is 1.25 bits per heavy atom. The minimum absolute atomic E-state index is 0.0224. The molecule has 0 amide bonds. The third kappa shape index (κ3) is 2.44. The van der Waals surface area contributed by atoms with Gasteiger partial charge >= 0.3 is 0 Å². The molecule has 0 fully saturated rings. The predicted molar refractivity (Wildman–Crippen MR) is 72.7 cm³/mol. The monoisotopic (exact) mass is 291 g/mol. The van der Waals surface area contributed by atoms with Gasteiger partial charge in [0.25, 0.3) is 5.56 Å². The van der Waals surface area contributed by atoms with E-state index in [1.807, 2.05) is 6.07 Å². The Labute approximate surface area is 119 Å². The molecule has 2 rings (SSSR count). The lowest BCUT2D eigenvalue weighted by Gasteiger charge is -2.10. The number of hydrogen-bond acceptors (Lipinski definition) is 5. The summed E-state index contributed by atoms with van der Waals surface area (Å²) in [5.41, 5.74) is -0.0249. The summed E-state index contributed by atoms with van der Waals surface area (Å²) in [7, 11) is 3.00. The second kappa shape index (κ2) is 5.63. The van der Waals surface area contributed by atoms with Gasteiger partial charge in [0.15, 0.2) is 17.2 Å². The van der Waals surface area contributed by atoms with E-state index >= 15 is 0 Å². The van der Waals surface area contributed by atoms with Crippen LogP contribution in [0.1, 0.15) is 5.69 Å². The fourth-order valence-electron chi connectivity index (χ4n) is 1.65. The van der Waals surface area contributed by atoms with Gasteiger partial charge in [-0.2, -0.15) is 15.0 Å². The molecule has 0 unspecified atom stereocenters. The number of hydrogen-bond donors (Lipinski definition) is 0. The average molecular weight is 292 g/mol. The molecule has 1 heterocycles. The van der Waals surface area contributed by atoms with Crippen LogP contribution >= 0.6 is 11.6 Å². The van der Waals surface area contributed by atoms with E-state index in [0.29, 0.717) is 17.2 Å². The summed E-state index contributed by atoms with van der Waals surface area (Å²) in [6, 6.07) is 7.82. The van der Waals surface area contributed by atoms with Gasteiger partial charge in [0.1, 0.15) is 6.07 Å². The van der Waals surface area contributed by atoms with E-state index in [4.69, 9.17) is 26.3 Å². The molecule has 6 nitrogen and oxygen atoms in total. The highest BCUT2D eigenvalue weighted by atomic mass is 35.5. The number of halogens is 1. The number of methoxy groups -OCH3 is 2. The fraction of sp³-hybridized carbons (Fsp3) is 0.154. The van der Waals surface area contributed by atoms with Gasteiger partial charge < -0.3 is 9.47 Å². The van der Waals surface area contributed by atoms with Crippen molar-refractivity contribution in [2.75, 3.05) is 14.2 Å². The number of nitrogens with zero attached hydrogens (tertiary/aromatic N) is 3. The normalized spacial score (nSPS) is 9.90. The number of rotatable bonds is 3. The summed E-state index contributed by atoms with van der Waals surface area (Å²) >= 11 is 5.75. The van der Waals surface area contributed by atoms with Gasteiger partial charge in [-0.05, 0) is 12.1 Å². The first-order chi connectivity index (χ1) is 9.60. The smallest absolute Gasteiger partial charge is 0.273 e. The molecule has 1 aromatic carbocycles. The molecule has 0 N–H and O–H groups in total. The fourth-order valence-corrected chi connectivity index (χ4v) is 1.83. The van der Waals surface area contributed by atoms with Crippen molar-refractivity contribution in [2.45, 2.75) is 0 Å². The maximum Gasteiger partial charge on any atom is 0.273 e. The highest BCUT2D eigenvalue weighted by Crippen LogP contribution is 2.28. The zero-order valence-electron chi connectivity index (χ0n) is 10.8. The molecular formula is C13H10ClN3O3. The SMILES string of the molecule is COc1ccc(-n2nc(C#N)c(Cl)cc2=O)cc1OC. The Morgan fingerprint density at radius 3 is 2.55 bits per heavy atom. The molecular weight excluding hydrogens is 282 g/mol. The molecule has 0 aliphatic carbocycles. The van der Waals surface area contributed by atoms with E-state index in [-0.39, 0.29) is 10.7 Å². The Balaban J connectivity index is 2.63. The summed E-state index contributed by atoms with van der Waals surface area (Å²) in [5, 5.41) is 12.8. The maximum atomic E-state index is 11.9. The van der Waals surface area contributed by atoms with Gasteiger partial charge in [-0.1, -0.05) is 11.6 Å². The molecule has 1 aromatic heterocycles. The largest absolute Gasteiger partial charge is 0.493 e. The van der Waals surface area contributed by atoms with Gasteiger partial charge in [-0.3, -0.25) is 4.79 Å². The molecule has 0 spiro atoms. The molecule has 7 heteroatoms. The van der Waals surface area contributed by atoms with E-state index in [1.54, 1.807) is 18.2 Å². The highest BCUT2D eigenvalue weighted by Gasteiger charge is 2.11. The molecule has 0 atom stereocenters.